The number of hydrogen-bond acceptors (Lipinski definition) is 3. The summed E-state index contributed by atoms with van der Waals surface area (Å²) in [5.41, 5.74) is 0.841. The summed E-state index contributed by atoms with van der Waals surface area (Å²) in [5, 5.41) is 7.43. The second kappa shape index (κ2) is 8.60. The molecule has 0 aliphatic carbocycles. The molecule has 2 aromatic carbocycles. The average Bonchev–Trinajstić information content (AvgIpc) is 2.53. The van der Waals surface area contributed by atoms with E-state index in [-0.39, 0.29) is 6.04 Å². The monoisotopic (exact) mass is 350 g/mol. The van der Waals surface area contributed by atoms with Gasteiger partial charge in [-0.25, -0.2) is 0 Å². The Hall–Kier alpha value is -1.98. The normalized spacial score (nSPS) is 11.4. The maximum atomic E-state index is 5.94. The summed E-state index contributed by atoms with van der Waals surface area (Å²) in [5.74, 6) is 1.41. The zero-order valence-corrected chi connectivity index (χ0v) is 14.6. The van der Waals surface area contributed by atoms with Crippen LogP contribution in [0.25, 0.3) is 0 Å². The van der Waals surface area contributed by atoms with Crippen molar-refractivity contribution in [1.82, 2.24) is 5.32 Å². The van der Waals surface area contributed by atoms with Gasteiger partial charge in [-0.05, 0) is 49.5 Å². The smallest absolute Gasteiger partial charge is 0.171 e. The number of benzene rings is 2. The zero-order chi connectivity index (χ0) is 16.7. The van der Waals surface area contributed by atoms with Gasteiger partial charge in [-0.15, -0.1) is 0 Å². The lowest BCUT2D eigenvalue weighted by molar-refractivity contribution is 0.270. The second-order valence-corrected chi connectivity index (χ2v) is 5.82. The van der Waals surface area contributed by atoms with E-state index in [1.165, 1.54) is 0 Å². The van der Waals surface area contributed by atoms with Crippen molar-refractivity contribution >= 4 is 34.6 Å². The van der Waals surface area contributed by atoms with E-state index in [9.17, 15) is 0 Å². The highest BCUT2D eigenvalue weighted by atomic mass is 35.5. The first-order valence-electron chi connectivity index (χ1n) is 7.17. The van der Waals surface area contributed by atoms with Crippen molar-refractivity contribution < 1.29 is 9.47 Å². The van der Waals surface area contributed by atoms with Crippen LogP contribution in [0.4, 0.5) is 5.69 Å². The van der Waals surface area contributed by atoms with Crippen molar-refractivity contribution in [2.45, 2.75) is 13.0 Å². The van der Waals surface area contributed by atoms with Gasteiger partial charge in [-0.1, -0.05) is 29.8 Å². The largest absolute Gasteiger partial charge is 0.493 e. The average molecular weight is 351 g/mol. The van der Waals surface area contributed by atoms with Crippen molar-refractivity contribution in [3.63, 3.8) is 0 Å². The fraction of sp³-hybridized carbons (Fsp3) is 0.235. The minimum Gasteiger partial charge on any atom is -0.493 e. The molecule has 2 aromatic rings. The van der Waals surface area contributed by atoms with Crippen molar-refractivity contribution in [1.29, 1.82) is 0 Å². The van der Waals surface area contributed by atoms with Crippen molar-refractivity contribution in [3.8, 4) is 11.5 Å². The van der Waals surface area contributed by atoms with Crippen LogP contribution in [-0.4, -0.2) is 24.9 Å². The predicted molar refractivity (Wildman–Crippen MR) is 98.8 cm³/mol. The Kier molecular flexibility index (Phi) is 6.50. The molecule has 1 unspecified atom stereocenters. The molecule has 4 nitrogen and oxygen atoms in total. The first-order chi connectivity index (χ1) is 11.1. The Bertz CT molecular complexity index is 667. The maximum absolute atomic E-state index is 5.94. The lowest BCUT2D eigenvalue weighted by Crippen LogP contribution is -2.39. The molecule has 2 rings (SSSR count). The number of para-hydroxylation sites is 2. The van der Waals surface area contributed by atoms with Gasteiger partial charge in [0.05, 0.1) is 13.2 Å². The summed E-state index contributed by atoms with van der Waals surface area (Å²) in [6.07, 6.45) is 0. The summed E-state index contributed by atoms with van der Waals surface area (Å²) in [6, 6.07) is 14.9. The summed E-state index contributed by atoms with van der Waals surface area (Å²) in [7, 11) is 1.62. The molecule has 6 heteroatoms. The summed E-state index contributed by atoms with van der Waals surface area (Å²) >= 11 is 11.2. The Balaban J connectivity index is 1.82. The van der Waals surface area contributed by atoms with Crippen LogP contribution in [0, 0.1) is 0 Å². The third kappa shape index (κ3) is 5.62. The molecule has 23 heavy (non-hydrogen) atoms. The second-order valence-electron chi connectivity index (χ2n) is 4.97. The Morgan fingerprint density at radius 2 is 1.91 bits per heavy atom. The molecule has 0 saturated heterocycles. The van der Waals surface area contributed by atoms with Gasteiger partial charge in [0, 0.05) is 10.7 Å². The van der Waals surface area contributed by atoms with Gasteiger partial charge in [-0.2, -0.15) is 0 Å². The standard InChI is InChI=1S/C17H19ClN2O2S/c1-12(11-22-16-9-4-3-8-15(16)21-2)19-17(23)20-14-7-5-6-13(18)10-14/h3-10,12H,11H2,1-2H3,(H2,19,20,23). The van der Waals surface area contributed by atoms with Gasteiger partial charge in [0.15, 0.2) is 16.6 Å². The molecule has 0 saturated carbocycles. The van der Waals surface area contributed by atoms with Crippen LogP contribution in [-0.2, 0) is 0 Å². The molecule has 0 aliphatic rings. The van der Waals surface area contributed by atoms with E-state index in [0.29, 0.717) is 28.2 Å². The highest BCUT2D eigenvalue weighted by Crippen LogP contribution is 2.25. The van der Waals surface area contributed by atoms with Gasteiger partial charge in [0.1, 0.15) is 6.61 Å². The third-order valence-corrected chi connectivity index (χ3v) is 3.47. The molecule has 0 radical (unpaired) electrons. The Labute approximate surface area is 146 Å². The number of ether oxygens (including phenoxy) is 2. The topological polar surface area (TPSA) is 42.5 Å². The van der Waals surface area contributed by atoms with Crippen LogP contribution in [0.5, 0.6) is 11.5 Å². The SMILES string of the molecule is COc1ccccc1OCC(C)NC(=S)Nc1cccc(Cl)c1. The molecule has 0 aliphatic heterocycles. The fourth-order valence-electron chi connectivity index (χ4n) is 1.95. The van der Waals surface area contributed by atoms with E-state index >= 15 is 0 Å². The number of anilines is 1. The quantitative estimate of drug-likeness (QED) is 0.768. The minimum absolute atomic E-state index is 0.0269. The molecular formula is C17H19ClN2O2S. The predicted octanol–water partition coefficient (Wildman–Crippen LogP) is 4.10. The maximum Gasteiger partial charge on any atom is 0.171 e. The number of rotatable bonds is 6. The van der Waals surface area contributed by atoms with Gasteiger partial charge < -0.3 is 20.1 Å². The highest BCUT2D eigenvalue weighted by Gasteiger charge is 2.08. The van der Waals surface area contributed by atoms with Crippen LogP contribution >= 0.6 is 23.8 Å². The van der Waals surface area contributed by atoms with Gasteiger partial charge in [-0.3, -0.25) is 0 Å². The van der Waals surface area contributed by atoms with Crippen LogP contribution in [0.1, 0.15) is 6.92 Å². The molecule has 0 fully saturated rings. The van der Waals surface area contributed by atoms with Gasteiger partial charge in [0.2, 0.25) is 0 Å². The highest BCUT2D eigenvalue weighted by molar-refractivity contribution is 7.80. The number of methoxy groups -OCH3 is 1. The third-order valence-electron chi connectivity index (χ3n) is 3.02. The summed E-state index contributed by atoms with van der Waals surface area (Å²) in [4.78, 5) is 0. The molecule has 0 aromatic heterocycles. The van der Waals surface area contributed by atoms with E-state index in [1.54, 1.807) is 7.11 Å². The lowest BCUT2D eigenvalue weighted by Gasteiger charge is -2.18. The molecular weight excluding hydrogens is 332 g/mol. The summed E-state index contributed by atoms with van der Waals surface area (Å²) < 4.78 is 11.0. The van der Waals surface area contributed by atoms with Crippen LogP contribution in [0.2, 0.25) is 5.02 Å². The fourth-order valence-corrected chi connectivity index (χ4v) is 2.46. The first-order valence-corrected chi connectivity index (χ1v) is 7.96. The number of halogens is 1. The minimum atomic E-state index is 0.0269. The lowest BCUT2D eigenvalue weighted by atomic mass is 10.3. The van der Waals surface area contributed by atoms with Crippen molar-refractivity contribution in [3.05, 3.63) is 53.6 Å². The Morgan fingerprint density at radius 3 is 2.61 bits per heavy atom. The molecule has 0 bridgehead atoms. The molecule has 0 heterocycles. The van der Waals surface area contributed by atoms with Crippen molar-refractivity contribution in [2.75, 3.05) is 19.0 Å². The van der Waals surface area contributed by atoms with Gasteiger partial charge in [0.25, 0.3) is 0 Å². The van der Waals surface area contributed by atoms with Crippen LogP contribution in [0.3, 0.4) is 0 Å². The molecule has 2 N–H and O–H groups in total. The van der Waals surface area contributed by atoms with E-state index in [2.05, 4.69) is 10.6 Å². The van der Waals surface area contributed by atoms with Crippen LogP contribution in [0.15, 0.2) is 48.5 Å². The number of nitrogens with one attached hydrogen (secondary N) is 2. The Morgan fingerprint density at radius 1 is 1.17 bits per heavy atom. The summed E-state index contributed by atoms with van der Waals surface area (Å²) in [6.45, 7) is 2.44. The van der Waals surface area contributed by atoms with Gasteiger partial charge >= 0.3 is 0 Å². The van der Waals surface area contributed by atoms with E-state index < -0.39 is 0 Å². The van der Waals surface area contributed by atoms with Crippen LogP contribution < -0.4 is 20.1 Å². The van der Waals surface area contributed by atoms with E-state index in [4.69, 9.17) is 33.3 Å². The van der Waals surface area contributed by atoms with E-state index in [1.807, 2.05) is 55.5 Å². The molecule has 1 atom stereocenters. The number of thiocarbonyl (C=S) groups is 1. The molecule has 0 amide bonds. The first kappa shape index (κ1) is 17.4. The molecule has 122 valence electrons. The molecule has 0 spiro atoms. The zero-order valence-electron chi connectivity index (χ0n) is 13.0. The van der Waals surface area contributed by atoms with Crippen molar-refractivity contribution in [2.24, 2.45) is 0 Å². The van der Waals surface area contributed by atoms with E-state index in [0.717, 1.165) is 5.69 Å². The number of hydrogen-bond donors (Lipinski definition) is 2.